The van der Waals surface area contributed by atoms with Crippen LogP contribution in [0.5, 0.6) is 0 Å². The van der Waals surface area contributed by atoms with Crippen molar-refractivity contribution in [2.24, 2.45) is 0 Å². The van der Waals surface area contributed by atoms with Crippen molar-refractivity contribution in [1.82, 2.24) is 4.57 Å². The Morgan fingerprint density at radius 1 is 1.65 bits per heavy atom. The predicted molar refractivity (Wildman–Crippen MR) is 64.2 cm³/mol. The number of nitrogens with zero attached hydrogens (tertiary/aromatic N) is 1. The van der Waals surface area contributed by atoms with E-state index in [1.807, 2.05) is 0 Å². The van der Waals surface area contributed by atoms with Crippen molar-refractivity contribution in [2.45, 2.75) is 12.5 Å². The summed E-state index contributed by atoms with van der Waals surface area (Å²) in [6.45, 7) is 1.13. The maximum Gasteiger partial charge on any atom is 0.339 e. The second-order valence-electron chi connectivity index (χ2n) is 3.80. The van der Waals surface area contributed by atoms with E-state index in [-0.39, 0.29) is 11.6 Å². The number of hydrogen-bond acceptors (Lipinski definition) is 4. The molecule has 1 aromatic rings. The number of ether oxygens (including phenoxy) is 2. The van der Waals surface area contributed by atoms with Crippen molar-refractivity contribution < 1.29 is 14.3 Å². The van der Waals surface area contributed by atoms with Crippen LogP contribution in [0.4, 0.5) is 0 Å². The molecule has 0 saturated carbocycles. The van der Waals surface area contributed by atoms with Gasteiger partial charge < -0.3 is 14.0 Å². The fourth-order valence-electron chi connectivity index (χ4n) is 1.81. The third-order valence-electron chi connectivity index (χ3n) is 2.72. The van der Waals surface area contributed by atoms with Gasteiger partial charge in [-0.2, -0.15) is 0 Å². The zero-order valence-electron chi connectivity index (χ0n) is 9.31. The molecule has 1 aliphatic rings. The van der Waals surface area contributed by atoms with Crippen molar-refractivity contribution in [1.29, 1.82) is 0 Å². The number of esters is 1. The van der Waals surface area contributed by atoms with Gasteiger partial charge in [-0.05, 0) is 28.4 Å². The van der Waals surface area contributed by atoms with E-state index in [4.69, 9.17) is 4.74 Å². The molecular formula is C11H12BrNO4. The molecule has 0 radical (unpaired) electrons. The maximum absolute atomic E-state index is 11.9. The van der Waals surface area contributed by atoms with Crippen molar-refractivity contribution in [3.8, 4) is 0 Å². The Bertz CT molecular complexity index is 491. The summed E-state index contributed by atoms with van der Waals surface area (Å²) in [4.78, 5) is 23.4. The van der Waals surface area contributed by atoms with Crippen LogP contribution in [0.15, 0.2) is 21.5 Å². The van der Waals surface area contributed by atoms with E-state index in [1.54, 1.807) is 0 Å². The molecule has 17 heavy (non-hydrogen) atoms. The number of aromatic nitrogens is 1. The van der Waals surface area contributed by atoms with Gasteiger partial charge in [-0.3, -0.25) is 4.79 Å². The number of carbonyl (C=O) groups is 1. The van der Waals surface area contributed by atoms with Crippen molar-refractivity contribution >= 4 is 21.9 Å². The number of methoxy groups -OCH3 is 1. The Morgan fingerprint density at radius 2 is 2.41 bits per heavy atom. The number of carbonyl (C=O) groups excluding carboxylic acids is 1. The van der Waals surface area contributed by atoms with E-state index < -0.39 is 5.97 Å². The van der Waals surface area contributed by atoms with Gasteiger partial charge in [0.1, 0.15) is 0 Å². The average Bonchev–Trinajstić information content (AvgIpc) is 2.85. The summed E-state index contributed by atoms with van der Waals surface area (Å²) < 4.78 is 11.8. The molecule has 1 atom stereocenters. The Balaban J connectivity index is 2.46. The molecule has 0 bridgehead atoms. The highest BCUT2D eigenvalue weighted by Gasteiger charge is 2.21. The van der Waals surface area contributed by atoms with Crippen molar-refractivity contribution in [3.63, 3.8) is 0 Å². The van der Waals surface area contributed by atoms with Crippen molar-refractivity contribution in [3.05, 3.63) is 32.7 Å². The zero-order valence-corrected chi connectivity index (χ0v) is 10.9. The number of halogens is 1. The summed E-state index contributed by atoms with van der Waals surface area (Å²) in [5.74, 6) is -0.460. The zero-order chi connectivity index (χ0) is 12.4. The quantitative estimate of drug-likeness (QED) is 0.774. The largest absolute Gasteiger partial charge is 0.465 e. The molecule has 1 aliphatic heterocycles. The first-order valence-electron chi connectivity index (χ1n) is 5.21. The van der Waals surface area contributed by atoms with Gasteiger partial charge in [0.15, 0.2) is 0 Å². The second-order valence-corrected chi connectivity index (χ2v) is 4.65. The molecule has 0 aliphatic carbocycles. The first-order chi connectivity index (χ1) is 8.13. The topological polar surface area (TPSA) is 57.5 Å². The van der Waals surface area contributed by atoms with E-state index in [1.165, 1.54) is 23.9 Å². The van der Waals surface area contributed by atoms with E-state index in [9.17, 15) is 9.59 Å². The smallest absolute Gasteiger partial charge is 0.339 e. The molecule has 2 heterocycles. The van der Waals surface area contributed by atoms with Gasteiger partial charge in [-0.1, -0.05) is 0 Å². The third kappa shape index (κ3) is 2.42. The third-order valence-corrected chi connectivity index (χ3v) is 3.29. The maximum atomic E-state index is 11.9. The number of pyridine rings is 1. The highest BCUT2D eigenvalue weighted by Crippen LogP contribution is 2.19. The highest BCUT2D eigenvalue weighted by molar-refractivity contribution is 9.10. The molecule has 0 amide bonds. The molecule has 1 aromatic heterocycles. The van der Waals surface area contributed by atoms with Crippen LogP contribution in [0.3, 0.4) is 0 Å². The molecule has 0 spiro atoms. The molecular weight excluding hydrogens is 290 g/mol. The van der Waals surface area contributed by atoms with Crippen LogP contribution in [0, 0.1) is 0 Å². The molecule has 1 unspecified atom stereocenters. The van der Waals surface area contributed by atoms with Crippen LogP contribution >= 0.6 is 15.9 Å². The first-order valence-corrected chi connectivity index (χ1v) is 6.00. The minimum Gasteiger partial charge on any atom is -0.465 e. The molecule has 1 saturated heterocycles. The number of rotatable bonds is 2. The van der Waals surface area contributed by atoms with Crippen LogP contribution in [0.25, 0.3) is 0 Å². The standard InChI is InChI=1S/C11H12BrNO4/c1-16-11(15)7-4-9(12)10(14)13(5-7)8-2-3-17-6-8/h4-5,8H,2-3,6H2,1H3. The van der Waals surface area contributed by atoms with Crippen LogP contribution in [-0.2, 0) is 9.47 Å². The lowest BCUT2D eigenvalue weighted by atomic mass is 10.2. The summed E-state index contributed by atoms with van der Waals surface area (Å²) in [6, 6.07) is 1.46. The van der Waals surface area contributed by atoms with Crippen molar-refractivity contribution in [2.75, 3.05) is 20.3 Å². The van der Waals surface area contributed by atoms with Gasteiger partial charge in [0.25, 0.3) is 5.56 Å². The SMILES string of the molecule is COC(=O)c1cc(Br)c(=O)n(C2CCOC2)c1. The predicted octanol–water partition coefficient (Wildman–Crippen LogP) is 1.36. The fraction of sp³-hybridized carbons (Fsp3) is 0.455. The second kappa shape index (κ2) is 5.01. The van der Waals surface area contributed by atoms with E-state index in [0.29, 0.717) is 23.2 Å². The first kappa shape index (κ1) is 12.3. The van der Waals surface area contributed by atoms with E-state index >= 15 is 0 Å². The Morgan fingerprint density at radius 3 is 3.00 bits per heavy atom. The van der Waals surface area contributed by atoms with Crippen LogP contribution < -0.4 is 5.56 Å². The van der Waals surface area contributed by atoms with E-state index in [2.05, 4.69) is 20.7 Å². The van der Waals surface area contributed by atoms with Gasteiger partial charge in [0.2, 0.25) is 0 Å². The monoisotopic (exact) mass is 301 g/mol. The lowest BCUT2D eigenvalue weighted by Crippen LogP contribution is -2.26. The molecule has 0 N–H and O–H groups in total. The van der Waals surface area contributed by atoms with Crippen LogP contribution in [-0.4, -0.2) is 30.9 Å². The van der Waals surface area contributed by atoms with Crippen LogP contribution in [0.1, 0.15) is 22.8 Å². The summed E-state index contributed by atoms with van der Waals surface area (Å²) in [7, 11) is 1.31. The highest BCUT2D eigenvalue weighted by atomic mass is 79.9. The minimum absolute atomic E-state index is 0.0107. The minimum atomic E-state index is -0.460. The van der Waals surface area contributed by atoms with Gasteiger partial charge in [-0.25, -0.2) is 4.79 Å². The van der Waals surface area contributed by atoms with Gasteiger partial charge in [-0.15, -0.1) is 0 Å². The lowest BCUT2D eigenvalue weighted by Gasteiger charge is -2.13. The molecule has 6 heteroatoms. The van der Waals surface area contributed by atoms with Gasteiger partial charge in [0, 0.05) is 12.8 Å². The van der Waals surface area contributed by atoms with Gasteiger partial charge >= 0.3 is 5.97 Å². The molecule has 2 rings (SSSR count). The summed E-state index contributed by atoms with van der Waals surface area (Å²) in [5.41, 5.74) is 0.194. The Kier molecular flexibility index (Phi) is 3.63. The average molecular weight is 302 g/mol. The number of hydrogen-bond donors (Lipinski definition) is 0. The van der Waals surface area contributed by atoms with Gasteiger partial charge in [0.05, 0.1) is 29.8 Å². The summed E-state index contributed by atoms with van der Waals surface area (Å²) >= 11 is 3.16. The Labute approximate surface area is 106 Å². The normalized spacial score (nSPS) is 19.3. The van der Waals surface area contributed by atoms with Crippen LogP contribution in [0.2, 0.25) is 0 Å². The van der Waals surface area contributed by atoms with E-state index in [0.717, 1.165) is 6.42 Å². The Hall–Kier alpha value is -1.14. The summed E-state index contributed by atoms with van der Waals surface area (Å²) in [5, 5.41) is 0. The lowest BCUT2D eigenvalue weighted by molar-refractivity contribution is 0.0599. The molecule has 1 fully saturated rings. The summed E-state index contributed by atoms with van der Waals surface area (Å²) in [6.07, 6.45) is 2.30. The molecule has 92 valence electrons. The molecule has 0 aromatic carbocycles. The molecule has 5 nitrogen and oxygen atoms in total. The fourth-order valence-corrected chi connectivity index (χ4v) is 2.26.